The Hall–Kier alpha value is -0.600. The zero-order valence-corrected chi connectivity index (χ0v) is 9.47. The van der Waals surface area contributed by atoms with Crippen LogP contribution in [0, 0.1) is 16.7 Å². The standard InChI is InChI=1S/C9H16N2O2S/c1-9(3-6-10)4-7-11(8-5-9)14(2,12)13/h3-5,7-8H2,1-2H3. The minimum Gasteiger partial charge on any atom is -0.213 e. The second-order valence-electron chi connectivity index (χ2n) is 4.31. The van der Waals surface area contributed by atoms with Gasteiger partial charge in [-0.25, -0.2) is 12.7 Å². The van der Waals surface area contributed by atoms with E-state index in [0.717, 1.165) is 12.8 Å². The van der Waals surface area contributed by atoms with Crippen LogP contribution in [-0.2, 0) is 10.0 Å². The van der Waals surface area contributed by atoms with E-state index in [0.29, 0.717) is 19.5 Å². The Morgan fingerprint density at radius 1 is 1.43 bits per heavy atom. The Balaban J connectivity index is 2.59. The first-order valence-electron chi connectivity index (χ1n) is 4.69. The minimum absolute atomic E-state index is 0.00986. The van der Waals surface area contributed by atoms with Crippen molar-refractivity contribution in [1.29, 1.82) is 5.26 Å². The Morgan fingerprint density at radius 2 is 1.93 bits per heavy atom. The van der Waals surface area contributed by atoms with Crippen molar-refractivity contribution >= 4 is 10.0 Å². The van der Waals surface area contributed by atoms with Crippen LogP contribution in [0.1, 0.15) is 26.2 Å². The number of sulfonamides is 1. The molecule has 5 heteroatoms. The molecule has 1 heterocycles. The molecule has 1 saturated heterocycles. The van der Waals surface area contributed by atoms with Crippen LogP contribution in [0.25, 0.3) is 0 Å². The molecule has 0 spiro atoms. The van der Waals surface area contributed by atoms with Crippen molar-refractivity contribution in [3.63, 3.8) is 0 Å². The molecule has 0 aromatic carbocycles. The van der Waals surface area contributed by atoms with E-state index in [-0.39, 0.29) is 5.41 Å². The summed E-state index contributed by atoms with van der Waals surface area (Å²) in [6, 6.07) is 2.16. The maximum Gasteiger partial charge on any atom is 0.211 e. The zero-order valence-electron chi connectivity index (χ0n) is 8.65. The summed E-state index contributed by atoms with van der Waals surface area (Å²) in [7, 11) is -3.04. The summed E-state index contributed by atoms with van der Waals surface area (Å²) in [5.74, 6) is 0. The zero-order chi connectivity index (χ0) is 10.8. The number of nitrogens with zero attached hydrogens (tertiary/aromatic N) is 2. The molecule has 1 rings (SSSR count). The largest absolute Gasteiger partial charge is 0.213 e. The number of hydrogen-bond acceptors (Lipinski definition) is 3. The molecule has 0 N–H and O–H groups in total. The lowest BCUT2D eigenvalue weighted by atomic mass is 9.79. The second kappa shape index (κ2) is 3.87. The SMILES string of the molecule is CC1(CC#N)CCN(S(C)(=O)=O)CC1. The average Bonchev–Trinajstić information content (AvgIpc) is 2.03. The molecule has 14 heavy (non-hydrogen) atoms. The summed E-state index contributed by atoms with van der Waals surface area (Å²) in [4.78, 5) is 0. The highest BCUT2D eigenvalue weighted by Gasteiger charge is 2.32. The molecule has 4 nitrogen and oxygen atoms in total. The van der Waals surface area contributed by atoms with Gasteiger partial charge in [0, 0.05) is 19.5 Å². The highest BCUT2D eigenvalue weighted by Crippen LogP contribution is 2.34. The Labute approximate surface area is 85.6 Å². The van der Waals surface area contributed by atoms with E-state index in [9.17, 15) is 8.42 Å². The fourth-order valence-electron chi connectivity index (χ4n) is 1.73. The normalized spacial score (nSPS) is 22.9. The molecule has 1 aliphatic heterocycles. The van der Waals surface area contributed by atoms with Crippen molar-refractivity contribution in [2.24, 2.45) is 5.41 Å². The molecule has 80 valence electrons. The van der Waals surface area contributed by atoms with Gasteiger partial charge in [-0.05, 0) is 18.3 Å². The third-order valence-corrected chi connectivity index (χ3v) is 4.21. The molecule has 0 atom stereocenters. The number of piperidine rings is 1. The fraction of sp³-hybridized carbons (Fsp3) is 0.889. The van der Waals surface area contributed by atoms with Crippen LogP contribution < -0.4 is 0 Å². The quantitative estimate of drug-likeness (QED) is 0.690. The third-order valence-electron chi connectivity index (χ3n) is 2.90. The van der Waals surface area contributed by atoms with Crippen LogP contribution in [0.2, 0.25) is 0 Å². The molecule has 0 aromatic heterocycles. The smallest absolute Gasteiger partial charge is 0.211 e. The predicted octanol–water partition coefficient (Wildman–Crippen LogP) is 0.962. The molecule has 0 radical (unpaired) electrons. The van der Waals surface area contributed by atoms with Crippen LogP contribution in [-0.4, -0.2) is 32.1 Å². The van der Waals surface area contributed by atoms with Gasteiger partial charge in [0.25, 0.3) is 0 Å². The number of nitriles is 1. The molecule has 0 aliphatic carbocycles. The van der Waals surface area contributed by atoms with E-state index in [4.69, 9.17) is 5.26 Å². The van der Waals surface area contributed by atoms with Crippen LogP contribution in [0.3, 0.4) is 0 Å². The van der Waals surface area contributed by atoms with E-state index < -0.39 is 10.0 Å². The highest BCUT2D eigenvalue weighted by molar-refractivity contribution is 7.88. The molecule has 0 aromatic rings. The maximum atomic E-state index is 11.2. The summed E-state index contributed by atoms with van der Waals surface area (Å²) >= 11 is 0. The summed E-state index contributed by atoms with van der Waals surface area (Å²) in [5.41, 5.74) is 0.00986. The monoisotopic (exact) mass is 216 g/mol. The lowest BCUT2D eigenvalue weighted by molar-refractivity contribution is 0.180. The molecule has 0 bridgehead atoms. The summed E-state index contributed by atoms with van der Waals surface area (Å²) < 4.78 is 23.9. The van der Waals surface area contributed by atoms with Gasteiger partial charge in [-0.15, -0.1) is 0 Å². The number of rotatable bonds is 2. The van der Waals surface area contributed by atoms with Crippen LogP contribution in [0.4, 0.5) is 0 Å². The van der Waals surface area contributed by atoms with Crippen molar-refractivity contribution in [2.45, 2.75) is 26.2 Å². The maximum absolute atomic E-state index is 11.2. The van der Waals surface area contributed by atoms with E-state index in [1.807, 2.05) is 0 Å². The van der Waals surface area contributed by atoms with Crippen LogP contribution in [0.15, 0.2) is 0 Å². The topological polar surface area (TPSA) is 61.2 Å². The predicted molar refractivity (Wildman–Crippen MR) is 54.0 cm³/mol. The average molecular weight is 216 g/mol. The first-order valence-corrected chi connectivity index (χ1v) is 6.54. The third kappa shape index (κ3) is 2.69. The highest BCUT2D eigenvalue weighted by atomic mass is 32.2. The van der Waals surface area contributed by atoms with Gasteiger partial charge in [-0.1, -0.05) is 6.92 Å². The van der Waals surface area contributed by atoms with Gasteiger partial charge in [0.2, 0.25) is 10.0 Å². The van der Waals surface area contributed by atoms with E-state index in [1.165, 1.54) is 10.6 Å². The molecular weight excluding hydrogens is 200 g/mol. The Morgan fingerprint density at radius 3 is 2.29 bits per heavy atom. The summed E-state index contributed by atoms with van der Waals surface area (Å²) in [6.45, 7) is 3.16. The van der Waals surface area contributed by atoms with E-state index in [1.54, 1.807) is 0 Å². The summed E-state index contributed by atoms with van der Waals surface area (Å²) in [6.07, 6.45) is 3.33. The summed E-state index contributed by atoms with van der Waals surface area (Å²) in [5, 5.41) is 8.63. The van der Waals surface area contributed by atoms with Crippen LogP contribution in [0.5, 0.6) is 0 Å². The van der Waals surface area contributed by atoms with Gasteiger partial charge in [0.1, 0.15) is 0 Å². The van der Waals surface area contributed by atoms with Gasteiger partial charge >= 0.3 is 0 Å². The fourth-order valence-corrected chi connectivity index (χ4v) is 2.57. The molecule has 0 saturated carbocycles. The second-order valence-corrected chi connectivity index (χ2v) is 6.29. The van der Waals surface area contributed by atoms with Gasteiger partial charge < -0.3 is 0 Å². The van der Waals surface area contributed by atoms with Crippen LogP contribution >= 0.6 is 0 Å². The Kier molecular flexibility index (Phi) is 3.17. The Bertz CT molecular complexity index is 334. The lowest BCUT2D eigenvalue weighted by Crippen LogP contribution is -2.41. The van der Waals surface area contributed by atoms with Crippen molar-refractivity contribution in [1.82, 2.24) is 4.31 Å². The first-order chi connectivity index (χ1) is 6.37. The van der Waals surface area contributed by atoms with Gasteiger partial charge in [-0.2, -0.15) is 5.26 Å². The van der Waals surface area contributed by atoms with E-state index in [2.05, 4.69) is 13.0 Å². The number of hydrogen-bond donors (Lipinski definition) is 0. The molecule has 0 amide bonds. The molecule has 1 aliphatic rings. The van der Waals surface area contributed by atoms with E-state index >= 15 is 0 Å². The molecular formula is C9H16N2O2S. The minimum atomic E-state index is -3.04. The lowest BCUT2D eigenvalue weighted by Gasteiger charge is -2.36. The van der Waals surface area contributed by atoms with Gasteiger partial charge in [0.05, 0.1) is 12.3 Å². The van der Waals surface area contributed by atoms with Gasteiger partial charge in [-0.3, -0.25) is 0 Å². The van der Waals surface area contributed by atoms with Crippen molar-refractivity contribution in [3.8, 4) is 6.07 Å². The molecule has 0 unspecified atom stereocenters. The van der Waals surface area contributed by atoms with Crippen molar-refractivity contribution < 1.29 is 8.42 Å². The molecule has 1 fully saturated rings. The van der Waals surface area contributed by atoms with Crippen molar-refractivity contribution in [3.05, 3.63) is 0 Å². The first kappa shape index (κ1) is 11.5. The van der Waals surface area contributed by atoms with Gasteiger partial charge in [0.15, 0.2) is 0 Å². The van der Waals surface area contributed by atoms with Crippen molar-refractivity contribution in [2.75, 3.05) is 19.3 Å².